The molecule has 2 N–H and O–H groups in total. The van der Waals surface area contributed by atoms with E-state index >= 15 is 0 Å². The normalized spacial score (nSPS) is 12.2. The van der Waals surface area contributed by atoms with E-state index in [9.17, 15) is 14.4 Å². The summed E-state index contributed by atoms with van der Waals surface area (Å²) in [5.41, 5.74) is 0.158. The zero-order chi connectivity index (χ0) is 18.3. The van der Waals surface area contributed by atoms with Crippen LogP contribution >= 0.6 is 11.6 Å². The minimum Gasteiger partial charge on any atom is -0.454 e. The molecule has 0 aliphatic rings. The largest absolute Gasteiger partial charge is 0.454 e. The summed E-state index contributed by atoms with van der Waals surface area (Å²) in [6, 6.07) is 6.30. The van der Waals surface area contributed by atoms with Crippen LogP contribution in [0.15, 0.2) is 24.3 Å². The highest BCUT2D eigenvalue weighted by Crippen LogP contribution is 2.14. The zero-order valence-corrected chi connectivity index (χ0v) is 15.1. The Morgan fingerprint density at radius 3 is 2.42 bits per heavy atom. The van der Waals surface area contributed by atoms with Crippen LogP contribution in [0.4, 0.5) is 0 Å². The highest BCUT2D eigenvalue weighted by molar-refractivity contribution is 6.31. The summed E-state index contributed by atoms with van der Waals surface area (Å²) in [6.45, 7) is 6.55. The predicted molar refractivity (Wildman–Crippen MR) is 91.3 cm³/mol. The summed E-state index contributed by atoms with van der Waals surface area (Å²) in [6.07, 6.45) is 0. The number of nitrogens with one attached hydrogen (secondary N) is 2. The Bertz CT molecular complexity index is 611. The molecule has 0 bridgehead atoms. The van der Waals surface area contributed by atoms with Crippen LogP contribution in [0.5, 0.6) is 0 Å². The smallest absolute Gasteiger partial charge is 0.328 e. The third-order valence-electron chi connectivity index (χ3n) is 3.16. The molecule has 0 heterocycles. The fraction of sp³-hybridized carbons (Fsp3) is 0.471. The fourth-order valence-corrected chi connectivity index (χ4v) is 1.82. The van der Waals surface area contributed by atoms with Gasteiger partial charge in [-0.25, -0.2) is 4.79 Å². The van der Waals surface area contributed by atoms with Crippen LogP contribution in [0.1, 0.15) is 33.3 Å². The maximum Gasteiger partial charge on any atom is 0.328 e. The van der Waals surface area contributed by atoms with Crippen LogP contribution < -0.4 is 10.6 Å². The summed E-state index contributed by atoms with van der Waals surface area (Å²) in [5, 5.41) is 5.71. The second-order valence-corrected chi connectivity index (χ2v) is 6.83. The number of hydrogen-bond donors (Lipinski definition) is 2. The maximum absolute atomic E-state index is 11.8. The van der Waals surface area contributed by atoms with Gasteiger partial charge < -0.3 is 15.4 Å². The monoisotopic (exact) mass is 354 g/mol. The molecule has 0 saturated heterocycles. The molecule has 2 amide bonds. The summed E-state index contributed by atoms with van der Waals surface area (Å²) in [4.78, 5) is 35.3. The highest BCUT2D eigenvalue weighted by atomic mass is 35.5. The quantitative estimate of drug-likeness (QED) is 0.766. The molecule has 1 aromatic rings. The van der Waals surface area contributed by atoms with Crippen molar-refractivity contribution >= 4 is 29.4 Å². The zero-order valence-electron chi connectivity index (χ0n) is 14.3. The molecule has 0 fully saturated rings. The van der Waals surface area contributed by atoms with Crippen molar-refractivity contribution in [1.82, 2.24) is 10.6 Å². The molecule has 1 unspecified atom stereocenters. The van der Waals surface area contributed by atoms with Gasteiger partial charge in [-0.15, -0.1) is 0 Å². The van der Waals surface area contributed by atoms with Crippen LogP contribution in [-0.4, -0.2) is 30.4 Å². The molecule has 0 aliphatic heterocycles. The molecule has 7 heteroatoms. The van der Waals surface area contributed by atoms with Gasteiger partial charge >= 0.3 is 5.97 Å². The van der Waals surface area contributed by atoms with E-state index in [4.69, 9.17) is 16.3 Å². The fourth-order valence-electron chi connectivity index (χ4n) is 1.62. The van der Waals surface area contributed by atoms with E-state index in [1.807, 2.05) is 6.07 Å². The number of esters is 1. The van der Waals surface area contributed by atoms with Crippen molar-refractivity contribution in [3.8, 4) is 0 Å². The van der Waals surface area contributed by atoms with Crippen molar-refractivity contribution in [3.05, 3.63) is 34.9 Å². The van der Waals surface area contributed by atoms with Crippen LogP contribution in [0.25, 0.3) is 0 Å². The third-order valence-corrected chi connectivity index (χ3v) is 3.53. The lowest BCUT2D eigenvalue weighted by molar-refractivity contribution is -0.151. The first-order chi connectivity index (χ1) is 11.1. The number of ether oxygens (including phenoxy) is 1. The van der Waals surface area contributed by atoms with E-state index in [0.717, 1.165) is 5.56 Å². The number of hydrogen-bond acceptors (Lipinski definition) is 4. The van der Waals surface area contributed by atoms with Crippen molar-refractivity contribution in [2.45, 2.75) is 40.3 Å². The third kappa shape index (κ3) is 6.58. The van der Waals surface area contributed by atoms with E-state index in [0.29, 0.717) is 5.02 Å². The number of rotatable bonds is 6. The number of carbonyl (C=O) groups is 3. The van der Waals surface area contributed by atoms with Crippen LogP contribution in [0.3, 0.4) is 0 Å². The van der Waals surface area contributed by atoms with Gasteiger partial charge in [0.2, 0.25) is 5.91 Å². The molecule has 6 nitrogen and oxygen atoms in total. The van der Waals surface area contributed by atoms with Gasteiger partial charge in [0.25, 0.3) is 5.91 Å². The topological polar surface area (TPSA) is 84.5 Å². The SMILES string of the molecule is CC(NC(=O)C(C)(C)C)C(=O)OCC(=O)NCc1ccccc1Cl. The van der Waals surface area contributed by atoms with Crippen LogP contribution in [0.2, 0.25) is 5.02 Å². The molecule has 0 aliphatic carbocycles. The Morgan fingerprint density at radius 1 is 1.21 bits per heavy atom. The number of amides is 2. The Kier molecular flexibility index (Phi) is 7.22. The van der Waals surface area contributed by atoms with E-state index in [1.54, 1.807) is 39.0 Å². The van der Waals surface area contributed by atoms with Crippen molar-refractivity contribution in [2.24, 2.45) is 5.41 Å². The standard InChI is InChI=1S/C17H23ClN2O4/c1-11(20-16(23)17(2,3)4)15(22)24-10-14(21)19-9-12-7-5-6-8-13(12)18/h5-8,11H,9-10H2,1-4H3,(H,19,21)(H,20,23). The van der Waals surface area contributed by atoms with Gasteiger partial charge in [-0.05, 0) is 18.6 Å². The minimum atomic E-state index is -0.826. The van der Waals surface area contributed by atoms with Crippen molar-refractivity contribution in [2.75, 3.05) is 6.61 Å². The molecule has 132 valence electrons. The molecule has 24 heavy (non-hydrogen) atoms. The maximum atomic E-state index is 11.8. The summed E-state index contributed by atoms with van der Waals surface area (Å²) in [7, 11) is 0. The average Bonchev–Trinajstić information content (AvgIpc) is 2.50. The molecular weight excluding hydrogens is 332 g/mol. The van der Waals surface area contributed by atoms with Gasteiger partial charge in [-0.2, -0.15) is 0 Å². The van der Waals surface area contributed by atoms with Gasteiger partial charge in [-0.3, -0.25) is 9.59 Å². The van der Waals surface area contributed by atoms with Gasteiger partial charge in [0.15, 0.2) is 6.61 Å². The van der Waals surface area contributed by atoms with Crippen LogP contribution in [-0.2, 0) is 25.7 Å². The molecular formula is C17H23ClN2O4. The lowest BCUT2D eigenvalue weighted by Crippen LogP contribution is -2.45. The Balaban J connectivity index is 2.37. The molecule has 0 radical (unpaired) electrons. The summed E-state index contributed by atoms with van der Waals surface area (Å²) >= 11 is 5.99. The molecule has 1 atom stereocenters. The van der Waals surface area contributed by atoms with Gasteiger partial charge in [-0.1, -0.05) is 50.6 Å². The Hall–Kier alpha value is -2.08. The van der Waals surface area contributed by atoms with Gasteiger partial charge in [0.1, 0.15) is 6.04 Å². The second kappa shape index (κ2) is 8.68. The lowest BCUT2D eigenvalue weighted by atomic mass is 9.95. The number of carbonyl (C=O) groups excluding carboxylic acids is 3. The van der Waals surface area contributed by atoms with Crippen molar-refractivity contribution in [3.63, 3.8) is 0 Å². The van der Waals surface area contributed by atoms with Gasteiger partial charge in [0, 0.05) is 17.0 Å². The van der Waals surface area contributed by atoms with E-state index < -0.39 is 29.9 Å². The molecule has 0 saturated carbocycles. The molecule has 1 rings (SSSR count). The first-order valence-electron chi connectivity index (χ1n) is 7.59. The molecule has 0 spiro atoms. The number of halogens is 1. The molecule has 0 aromatic heterocycles. The van der Waals surface area contributed by atoms with E-state index in [-0.39, 0.29) is 12.5 Å². The van der Waals surface area contributed by atoms with Crippen molar-refractivity contribution in [1.29, 1.82) is 0 Å². The summed E-state index contributed by atoms with van der Waals surface area (Å²) < 4.78 is 4.90. The highest BCUT2D eigenvalue weighted by Gasteiger charge is 2.26. The predicted octanol–water partition coefficient (Wildman–Crippen LogP) is 2.05. The van der Waals surface area contributed by atoms with E-state index in [1.165, 1.54) is 6.92 Å². The first-order valence-corrected chi connectivity index (χ1v) is 7.96. The van der Waals surface area contributed by atoms with Crippen molar-refractivity contribution < 1.29 is 19.1 Å². The van der Waals surface area contributed by atoms with Crippen LogP contribution in [0, 0.1) is 5.41 Å². The second-order valence-electron chi connectivity index (χ2n) is 6.42. The first kappa shape index (κ1) is 20.0. The Morgan fingerprint density at radius 2 is 1.83 bits per heavy atom. The van der Waals surface area contributed by atoms with Gasteiger partial charge in [0.05, 0.1) is 0 Å². The Labute approximate surface area is 146 Å². The number of benzene rings is 1. The summed E-state index contributed by atoms with van der Waals surface area (Å²) in [5.74, 6) is -1.38. The van der Waals surface area contributed by atoms with E-state index in [2.05, 4.69) is 10.6 Å². The minimum absolute atomic E-state index is 0.242. The average molecular weight is 355 g/mol. The lowest BCUT2D eigenvalue weighted by Gasteiger charge is -2.20. The molecule has 1 aromatic carbocycles.